The van der Waals surface area contributed by atoms with Gasteiger partial charge in [-0.1, -0.05) is 42.5 Å². The summed E-state index contributed by atoms with van der Waals surface area (Å²) in [5.41, 5.74) is 3.45. The first-order valence-corrected chi connectivity index (χ1v) is 10.9. The van der Waals surface area contributed by atoms with Crippen LogP contribution in [0.15, 0.2) is 96.0 Å². The number of aromatic nitrogens is 1. The largest absolute Gasteiger partial charge is 0.507 e. The minimum absolute atomic E-state index is 0.0228. The number of aliphatic hydroxyl groups excluding tert-OH is 1. The van der Waals surface area contributed by atoms with Crippen molar-refractivity contribution in [3.8, 4) is 0 Å². The van der Waals surface area contributed by atoms with Gasteiger partial charge in [-0.15, -0.1) is 0 Å². The molecule has 0 radical (unpaired) electrons. The number of Topliss-reactive ketones (excluding diaryl/α,β-unsaturated/α-hetero) is 1. The van der Waals surface area contributed by atoms with Gasteiger partial charge in [-0.25, -0.2) is 4.39 Å². The van der Waals surface area contributed by atoms with Crippen molar-refractivity contribution in [2.45, 2.75) is 25.2 Å². The van der Waals surface area contributed by atoms with Crippen LogP contribution in [0.5, 0.6) is 0 Å². The van der Waals surface area contributed by atoms with E-state index < -0.39 is 5.92 Å². The topological polar surface area (TPSA) is 77.3 Å². The highest BCUT2D eigenvalue weighted by molar-refractivity contribution is 6.19. The quantitative estimate of drug-likeness (QED) is 0.507. The summed E-state index contributed by atoms with van der Waals surface area (Å²) in [6.45, 7) is 0. The average molecular weight is 439 g/mol. The Labute approximate surface area is 191 Å². The molecule has 0 bridgehead atoms. The Morgan fingerprint density at radius 3 is 2.48 bits per heavy atom. The van der Waals surface area contributed by atoms with Gasteiger partial charge >= 0.3 is 0 Å². The van der Waals surface area contributed by atoms with Crippen LogP contribution in [0.3, 0.4) is 0 Å². The average Bonchev–Trinajstić information content (AvgIpc) is 2.85. The number of anilines is 1. The Bertz CT molecular complexity index is 1280. The Morgan fingerprint density at radius 2 is 1.79 bits per heavy atom. The van der Waals surface area contributed by atoms with E-state index in [1.165, 1.54) is 12.1 Å². The van der Waals surface area contributed by atoms with Crippen LogP contribution in [-0.2, 0) is 4.79 Å². The molecule has 0 saturated heterocycles. The number of halogens is 1. The van der Waals surface area contributed by atoms with Crippen LogP contribution in [0, 0.1) is 11.2 Å². The van der Waals surface area contributed by atoms with Crippen LogP contribution in [-0.4, -0.2) is 21.7 Å². The molecule has 33 heavy (non-hydrogen) atoms. The van der Waals surface area contributed by atoms with Gasteiger partial charge in [-0.3, -0.25) is 20.1 Å². The Balaban J connectivity index is 1.83. The lowest BCUT2D eigenvalue weighted by molar-refractivity contribution is -0.116. The SMILES string of the molecule is N=C1/C(=C(/O)c2ccccc2)C(c2ccc(F)cc2)C2=C(CCCC2=O)N1c1cccnc1. The summed E-state index contributed by atoms with van der Waals surface area (Å²) in [4.78, 5) is 19.2. The molecule has 2 N–H and O–H groups in total. The Hall–Kier alpha value is -4.06. The summed E-state index contributed by atoms with van der Waals surface area (Å²) < 4.78 is 13.7. The number of ketones is 1. The van der Waals surface area contributed by atoms with Crippen molar-refractivity contribution in [3.63, 3.8) is 0 Å². The van der Waals surface area contributed by atoms with Crippen LogP contribution in [0.1, 0.15) is 36.3 Å². The van der Waals surface area contributed by atoms with Crippen LogP contribution >= 0.6 is 0 Å². The van der Waals surface area contributed by atoms with Crippen LogP contribution in [0.4, 0.5) is 10.1 Å². The molecule has 2 aliphatic rings. The van der Waals surface area contributed by atoms with Crippen molar-refractivity contribution in [2.24, 2.45) is 0 Å². The lowest BCUT2D eigenvalue weighted by Crippen LogP contribution is -2.42. The fourth-order valence-electron chi connectivity index (χ4n) is 4.70. The number of aliphatic hydroxyl groups is 1. The van der Waals surface area contributed by atoms with Gasteiger partial charge in [0.1, 0.15) is 17.4 Å². The summed E-state index contributed by atoms with van der Waals surface area (Å²) >= 11 is 0. The van der Waals surface area contributed by atoms with Crippen molar-refractivity contribution in [1.82, 2.24) is 4.98 Å². The van der Waals surface area contributed by atoms with Gasteiger partial charge in [0.15, 0.2) is 5.78 Å². The summed E-state index contributed by atoms with van der Waals surface area (Å²) in [6.07, 6.45) is 4.99. The van der Waals surface area contributed by atoms with Crippen LogP contribution in [0.2, 0.25) is 0 Å². The lowest BCUT2D eigenvalue weighted by Gasteiger charge is -2.41. The maximum Gasteiger partial charge on any atom is 0.161 e. The van der Waals surface area contributed by atoms with Gasteiger partial charge in [0, 0.05) is 40.9 Å². The highest BCUT2D eigenvalue weighted by atomic mass is 19.1. The summed E-state index contributed by atoms with van der Waals surface area (Å²) in [7, 11) is 0. The van der Waals surface area contributed by atoms with E-state index in [9.17, 15) is 19.7 Å². The van der Waals surface area contributed by atoms with E-state index in [0.717, 1.165) is 5.70 Å². The number of nitrogens with one attached hydrogen (secondary N) is 1. The van der Waals surface area contributed by atoms with Crippen molar-refractivity contribution >= 4 is 23.1 Å². The number of carbonyl (C=O) groups is 1. The predicted molar refractivity (Wildman–Crippen MR) is 125 cm³/mol. The lowest BCUT2D eigenvalue weighted by atomic mass is 9.73. The maximum absolute atomic E-state index is 13.7. The molecular weight excluding hydrogens is 417 g/mol. The number of carbonyl (C=O) groups excluding carboxylic acids is 1. The van der Waals surface area contributed by atoms with E-state index in [-0.39, 0.29) is 23.2 Å². The fraction of sp³-hybridized carbons (Fsp3) is 0.148. The van der Waals surface area contributed by atoms with Crippen molar-refractivity contribution in [1.29, 1.82) is 5.41 Å². The molecule has 2 heterocycles. The molecule has 0 amide bonds. The molecule has 6 heteroatoms. The molecule has 1 aromatic heterocycles. The van der Waals surface area contributed by atoms with Gasteiger partial charge in [0.05, 0.1) is 11.9 Å². The molecule has 3 aromatic rings. The summed E-state index contributed by atoms with van der Waals surface area (Å²) in [5, 5.41) is 20.6. The first-order valence-electron chi connectivity index (χ1n) is 10.9. The number of pyridine rings is 1. The third kappa shape index (κ3) is 3.63. The van der Waals surface area contributed by atoms with E-state index in [2.05, 4.69) is 4.98 Å². The van der Waals surface area contributed by atoms with Gasteiger partial charge in [0.25, 0.3) is 0 Å². The van der Waals surface area contributed by atoms with Crippen LogP contribution in [0.25, 0.3) is 5.76 Å². The maximum atomic E-state index is 13.7. The zero-order chi connectivity index (χ0) is 22.9. The molecule has 5 nitrogen and oxygen atoms in total. The highest BCUT2D eigenvalue weighted by Gasteiger charge is 2.43. The third-order valence-corrected chi connectivity index (χ3v) is 6.16. The molecule has 0 saturated carbocycles. The first-order chi connectivity index (χ1) is 16.1. The summed E-state index contributed by atoms with van der Waals surface area (Å²) in [5.74, 6) is -1.08. The summed E-state index contributed by atoms with van der Waals surface area (Å²) in [6, 6.07) is 18.5. The molecule has 1 aliphatic carbocycles. The van der Waals surface area contributed by atoms with Gasteiger partial charge in [0.2, 0.25) is 0 Å². The van der Waals surface area contributed by atoms with E-state index in [0.29, 0.717) is 47.2 Å². The molecule has 0 fully saturated rings. The Kier molecular flexibility index (Phi) is 5.34. The van der Waals surface area contributed by atoms with Gasteiger partial charge in [-0.05, 0) is 42.7 Å². The van der Waals surface area contributed by atoms with Crippen molar-refractivity contribution in [2.75, 3.05) is 4.90 Å². The zero-order valence-electron chi connectivity index (χ0n) is 17.8. The molecule has 2 aromatic carbocycles. The number of benzene rings is 2. The minimum Gasteiger partial charge on any atom is -0.507 e. The number of hydrogen-bond donors (Lipinski definition) is 2. The van der Waals surface area contributed by atoms with E-state index in [1.54, 1.807) is 59.8 Å². The zero-order valence-corrected chi connectivity index (χ0v) is 17.8. The molecule has 5 rings (SSSR count). The second-order valence-electron chi connectivity index (χ2n) is 8.15. The van der Waals surface area contributed by atoms with E-state index in [1.807, 2.05) is 12.1 Å². The predicted octanol–water partition coefficient (Wildman–Crippen LogP) is 5.78. The molecular formula is C27H22FN3O2. The number of hydrogen-bond acceptors (Lipinski definition) is 4. The highest BCUT2D eigenvalue weighted by Crippen LogP contribution is 2.47. The second-order valence-corrected chi connectivity index (χ2v) is 8.15. The number of nitrogens with zero attached hydrogens (tertiary/aromatic N) is 2. The molecule has 1 atom stereocenters. The smallest absolute Gasteiger partial charge is 0.161 e. The van der Waals surface area contributed by atoms with Crippen molar-refractivity contribution in [3.05, 3.63) is 113 Å². The number of amidine groups is 1. The third-order valence-electron chi connectivity index (χ3n) is 6.16. The first kappa shape index (κ1) is 20.8. The minimum atomic E-state index is -0.672. The fourth-order valence-corrected chi connectivity index (χ4v) is 4.70. The number of rotatable bonds is 3. The molecule has 164 valence electrons. The standard InChI is InChI=1S/C27H22FN3O2/c28-19-13-11-17(12-14-19)23-24-21(9-4-10-22(24)32)31(20-8-5-15-30-16-20)27(29)25(23)26(33)18-6-2-1-3-7-18/h1-3,5-8,11-16,23,29,33H,4,9-10H2/b26-25+,29-27?. The molecule has 1 aliphatic heterocycles. The second kappa shape index (κ2) is 8.47. The van der Waals surface area contributed by atoms with E-state index >= 15 is 0 Å². The van der Waals surface area contributed by atoms with Crippen molar-refractivity contribution < 1.29 is 14.3 Å². The monoisotopic (exact) mass is 439 g/mol. The normalized spacial score (nSPS) is 20.0. The van der Waals surface area contributed by atoms with Crippen LogP contribution < -0.4 is 4.90 Å². The van der Waals surface area contributed by atoms with E-state index in [4.69, 9.17) is 0 Å². The van der Waals surface area contributed by atoms with Gasteiger partial charge in [-0.2, -0.15) is 0 Å². The Morgan fingerprint density at radius 1 is 1.03 bits per heavy atom. The molecule has 0 spiro atoms. The molecule has 1 unspecified atom stereocenters. The van der Waals surface area contributed by atoms with Gasteiger partial charge < -0.3 is 5.11 Å². The number of allylic oxidation sites excluding steroid dienone is 2.